The molecule has 27 heavy (non-hydrogen) atoms. The number of carbonyl (C=O) groups is 1. The van der Waals surface area contributed by atoms with Crippen molar-refractivity contribution in [2.24, 2.45) is 0 Å². The van der Waals surface area contributed by atoms with Gasteiger partial charge in [-0.15, -0.1) is 0 Å². The van der Waals surface area contributed by atoms with Crippen LogP contribution in [0.3, 0.4) is 0 Å². The molecule has 2 aromatic rings. The summed E-state index contributed by atoms with van der Waals surface area (Å²) in [5.74, 6) is 0.523. The fourth-order valence-corrected chi connectivity index (χ4v) is 3.98. The van der Waals surface area contributed by atoms with Crippen LogP contribution in [-0.2, 0) is 9.53 Å². The van der Waals surface area contributed by atoms with E-state index in [0.717, 1.165) is 18.7 Å². The Morgan fingerprint density at radius 2 is 1.85 bits per heavy atom. The topological polar surface area (TPSA) is 52.0 Å². The zero-order valence-corrected chi connectivity index (χ0v) is 16.6. The maximum atomic E-state index is 13.2. The molecule has 0 saturated carbocycles. The lowest BCUT2D eigenvalue weighted by molar-refractivity contribution is -0.936. The molecular weight excluding hydrogens is 364 g/mol. The van der Waals surface area contributed by atoms with Crippen molar-refractivity contribution in [3.63, 3.8) is 0 Å². The van der Waals surface area contributed by atoms with Crippen molar-refractivity contribution in [3.8, 4) is 5.75 Å². The molecule has 2 aromatic carbocycles. The predicted molar refractivity (Wildman–Crippen MR) is 107 cm³/mol. The van der Waals surface area contributed by atoms with Gasteiger partial charge in [-0.2, -0.15) is 0 Å². The average Bonchev–Trinajstić information content (AvgIpc) is 2.62. The third kappa shape index (κ3) is 4.80. The summed E-state index contributed by atoms with van der Waals surface area (Å²) >= 11 is 6.20. The molecule has 6 heteroatoms. The van der Waals surface area contributed by atoms with E-state index in [0.29, 0.717) is 16.5 Å². The maximum Gasteiger partial charge on any atom is 0.287 e. The van der Waals surface area contributed by atoms with Gasteiger partial charge in [0, 0.05) is 11.3 Å². The zero-order chi connectivity index (χ0) is 19.4. The van der Waals surface area contributed by atoms with Gasteiger partial charge in [0.05, 0.1) is 12.1 Å². The van der Waals surface area contributed by atoms with Crippen LogP contribution in [0.25, 0.3) is 0 Å². The van der Waals surface area contributed by atoms with E-state index in [4.69, 9.17) is 21.1 Å². The molecule has 0 radical (unpaired) electrons. The molecule has 1 fully saturated rings. The standard InChI is InChI=1S/C21H25ClN2O3/c1-14-12-24(13-15(2)27-14)20(16-7-5-4-6-8-16)21(25)23-17-9-10-19(26-3)18(22)11-17/h4-11,14-15,20H,12-13H2,1-3H3,(H,23,25)/p+1/t14-,15-,20-/m0/s1. The van der Waals surface area contributed by atoms with Crippen LogP contribution >= 0.6 is 11.6 Å². The maximum absolute atomic E-state index is 13.2. The van der Waals surface area contributed by atoms with Crippen LogP contribution in [0.4, 0.5) is 5.69 Å². The van der Waals surface area contributed by atoms with Crippen molar-refractivity contribution in [1.82, 2.24) is 0 Å². The highest BCUT2D eigenvalue weighted by molar-refractivity contribution is 6.32. The minimum Gasteiger partial charge on any atom is -0.495 e. The summed E-state index contributed by atoms with van der Waals surface area (Å²) in [6, 6.07) is 14.8. The van der Waals surface area contributed by atoms with Gasteiger partial charge >= 0.3 is 0 Å². The van der Waals surface area contributed by atoms with E-state index in [9.17, 15) is 4.79 Å². The van der Waals surface area contributed by atoms with Crippen molar-refractivity contribution in [2.45, 2.75) is 32.1 Å². The Morgan fingerprint density at radius 1 is 1.19 bits per heavy atom. The fourth-order valence-electron chi connectivity index (χ4n) is 3.73. The zero-order valence-electron chi connectivity index (χ0n) is 15.9. The van der Waals surface area contributed by atoms with Crippen molar-refractivity contribution in [1.29, 1.82) is 0 Å². The van der Waals surface area contributed by atoms with Gasteiger partial charge in [0.25, 0.3) is 5.91 Å². The van der Waals surface area contributed by atoms with Gasteiger partial charge in [-0.1, -0.05) is 41.9 Å². The van der Waals surface area contributed by atoms with Gasteiger partial charge in [0.15, 0.2) is 6.04 Å². The van der Waals surface area contributed by atoms with E-state index in [1.165, 1.54) is 4.90 Å². The molecule has 3 atom stereocenters. The SMILES string of the molecule is COc1ccc(NC(=O)[C@H](c2ccccc2)[NH+]2C[C@H](C)O[C@@H](C)C2)cc1Cl. The van der Waals surface area contributed by atoms with Crippen LogP contribution in [-0.4, -0.2) is 38.3 Å². The normalized spacial score (nSPS) is 23.5. The number of hydrogen-bond donors (Lipinski definition) is 2. The Balaban J connectivity index is 1.86. The first-order valence-corrected chi connectivity index (χ1v) is 9.55. The summed E-state index contributed by atoms with van der Waals surface area (Å²) in [6.45, 7) is 5.67. The molecule has 0 spiro atoms. The highest BCUT2D eigenvalue weighted by Gasteiger charge is 2.37. The Bertz CT molecular complexity index is 774. The Hall–Kier alpha value is -2.08. The van der Waals surface area contributed by atoms with Crippen molar-refractivity contribution >= 4 is 23.2 Å². The van der Waals surface area contributed by atoms with Crippen molar-refractivity contribution in [3.05, 3.63) is 59.1 Å². The lowest BCUT2D eigenvalue weighted by Gasteiger charge is -2.36. The number of ether oxygens (including phenoxy) is 2. The summed E-state index contributed by atoms with van der Waals surface area (Å²) in [5, 5.41) is 3.48. The first-order valence-electron chi connectivity index (χ1n) is 9.17. The van der Waals surface area contributed by atoms with Gasteiger partial charge in [-0.25, -0.2) is 0 Å². The molecule has 144 valence electrons. The molecule has 0 bridgehead atoms. The van der Waals surface area contributed by atoms with Crippen LogP contribution in [0.1, 0.15) is 25.5 Å². The summed E-state index contributed by atoms with van der Waals surface area (Å²) in [7, 11) is 1.56. The number of hydrogen-bond acceptors (Lipinski definition) is 3. The number of anilines is 1. The smallest absolute Gasteiger partial charge is 0.287 e. The van der Waals surface area contributed by atoms with E-state index in [-0.39, 0.29) is 24.2 Å². The molecule has 1 saturated heterocycles. The first kappa shape index (κ1) is 19.7. The molecule has 3 rings (SSSR count). The van der Waals surface area contributed by atoms with Gasteiger partial charge in [0.1, 0.15) is 31.0 Å². The average molecular weight is 390 g/mol. The lowest BCUT2D eigenvalue weighted by Crippen LogP contribution is -3.16. The molecule has 0 aliphatic carbocycles. The molecule has 1 aliphatic rings. The Morgan fingerprint density at radius 3 is 2.44 bits per heavy atom. The number of amides is 1. The molecule has 0 unspecified atom stereocenters. The summed E-state index contributed by atoms with van der Waals surface area (Å²) in [4.78, 5) is 14.4. The number of morpholine rings is 1. The number of carbonyl (C=O) groups excluding carboxylic acids is 1. The number of nitrogens with one attached hydrogen (secondary N) is 2. The molecule has 1 aliphatic heterocycles. The highest BCUT2D eigenvalue weighted by atomic mass is 35.5. The summed E-state index contributed by atoms with van der Waals surface area (Å²) < 4.78 is 11.0. The van der Waals surface area contributed by atoms with E-state index in [2.05, 4.69) is 19.2 Å². The second-order valence-electron chi connectivity index (χ2n) is 7.01. The molecule has 1 heterocycles. The quantitative estimate of drug-likeness (QED) is 0.826. The van der Waals surface area contributed by atoms with Gasteiger partial charge in [-0.3, -0.25) is 4.79 Å². The van der Waals surface area contributed by atoms with E-state index in [1.54, 1.807) is 25.3 Å². The van der Waals surface area contributed by atoms with E-state index >= 15 is 0 Å². The van der Waals surface area contributed by atoms with Crippen LogP contribution < -0.4 is 15.0 Å². The van der Waals surface area contributed by atoms with Gasteiger partial charge in [0.2, 0.25) is 0 Å². The van der Waals surface area contributed by atoms with Crippen LogP contribution in [0.5, 0.6) is 5.75 Å². The fraction of sp³-hybridized carbons (Fsp3) is 0.381. The number of quaternary nitrogens is 1. The van der Waals surface area contributed by atoms with Crippen LogP contribution in [0.15, 0.2) is 48.5 Å². The minimum atomic E-state index is -0.319. The van der Waals surface area contributed by atoms with E-state index < -0.39 is 0 Å². The predicted octanol–water partition coefficient (Wildman–Crippen LogP) is 2.72. The Kier molecular flexibility index (Phi) is 6.37. The van der Waals surface area contributed by atoms with E-state index in [1.807, 2.05) is 30.3 Å². The summed E-state index contributed by atoms with van der Waals surface area (Å²) in [5.41, 5.74) is 1.64. The van der Waals surface area contributed by atoms with Crippen molar-refractivity contribution < 1.29 is 19.2 Å². The third-order valence-corrected chi connectivity index (χ3v) is 5.08. The molecular formula is C21H26ClN2O3+. The monoisotopic (exact) mass is 389 g/mol. The van der Waals surface area contributed by atoms with Crippen LogP contribution in [0.2, 0.25) is 5.02 Å². The van der Waals surface area contributed by atoms with Crippen molar-refractivity contribution in [2.75, 3.05) is 25.5 Å². The van der Waals surface area contributed by atoms with Gasteiger partial charge in [-0.05, 0) is 32.0 Å². The lowest BCUT2D eigenvalue weighted by atomic mass is 10.0. The summed E-state index contributed by atoms with van der Waals surface area (Å²) in [6.07, 6.45) is 0.219. The second-order valence-corrected chi connectivity index (χ2v) is 7.41. The number of rotatable bonds is 5. The third-order valence-electron chi connectivity index (χ3n) is 4.79. The number of methoxy groups -OCH3 is 1. The Labute approximate surface area is 165 Å². The van der Waals surface area contributed by atoms with Crippen LogP contribution in [0, 0.1) is 0 Å². The molecule has 0 aromatic heterocycles. The molecule has 5 nitrogen and oxygen atoms in total. The highest BCUT2D eigenvalue weighted by Crippen LogP contribution is 2.27. The number of benzene rings is 2. The minimum absolute atomic E-state index is 0.0567. The first-order chi connectivity index (χ1) is 13.0. The second kappa shape index (κ2) is 8.74. The molecule has 2 N–H and O–H groups in total. The largest absolute Gasteiger partial charge is 0.495 e. The molecule has 1 amide bonds. The van der Waals surface area contributed by atoms with Gasteiger partial charge < -0.3 is 19.7 Å². The number of halogens is 1.